The highest BCUT2D eigenvalue weighted by Gasteiger charge is 2.14. The van der Waals surface area contributed by atoms with Crippen molar-refractivity contribution in [3.63, 3.8) is 0 Å². The molecule has 1 atom stereocenters. The Labute approximate surface area is 113 Å². The molecule has 0 amide bonds. The zero-order valence-corrected chi connectivity index (χ0v) is 11.1. The van der Waals surface area contributed by atoms with Crippen LogP contribution in [-0.4, -0.2) is 0 Å². The minimum absolute atomic E-state index is 0.0812. The molecule has 0 aliphatic heterocycles. The fourth-order valence-corrected chi connectivity index (χ4v) is 2.13. The monoisotopic (exact) mass is 253 g/mol. The van der Waals surface area contributed by atoms with Crippen molar-refractivity contribution in [2.24, 2.45) is 5.92 Å². The molecule has 0 saturated heterocycles. The second kappa shape index (κ2) is 5.67. The molecule has 0 aromatic heterocycles. The number of nitrogens with zero attached hydrogens (tertiary/aromatic N) is 1. The fraction of sp³-hybridized carbons (Fsp3) is 0.235. The summed E-state index contributed by atoms with van der Waals surface area (Å²) >= 11 is 0. The van der Waals surface area contributed by atoms with Gasteiger partial charge in [-0.3, -0.25) is 0 Å². The number of rotatable bonds is 3. The molecule has 0 radical (unpaired) electrons. The third-order valence-electron chi connectivity index (χ3n) is 3.25. The van der Waals surface area contributed by atoms with Crippen LogP contribution in [0.3, 0.4) is 0 Å². The van der Waals surface area contributed by atoms with Crippen LogP contribution < -0.4 is 0 Å². The van der Waals surface area contributed by atoms with Crippen molar-refractivity contribution in [1.82, 2.24) is 0 Å². The van der Waals surface area contributed by atoms with E-state index in [4.69, 9.17) is 0 Å². The highest BCUT2D eigenvalue weighted by molar-refractivity contribution is 5.63. The Balaban J connectivity index is 2.28. The Kier molecular flexibility index (Phi) is 3.97. The molecule has 0 fully saturated rings. The maximum absolute atomic E-state index is 12.9. The summed E-state index contributed by atoms with van der Waals surface area (Å²) in [5.74, 6) is -0.0198. The van der Waals surface area contributed by atoms with Gasteiger partial charge in [0.2, 0.25) is 0 Å². The number of hydrogen-bond acceptors (Lipinski definition) is 1. The number of nitriles is 1. The van der Waals surface area contributed by atoms with Gasteiger partial charge in [0, 0.05) is 0 Å². The minimum Gasteiger partial charge on any atom is -0.207 e. The highest BCUT2D eigenvalue weighted by Crippen LogP contribution is 2.26. The largest absolute Gasteiger partial charge is 0.207 e. The summed E-state index contributed by atoms with van der Waals surface area (Å²) in [6, 6.07) is 16.7. The smallest absolute Gasteiger partial charge is 0.123 e. The first-order chi connectivity index (χ1) is 9.11. The van der Waals surface area contributed by atoms with Crippen LogP contribution in [0.2, 0.25) is 0 Å². The molecular weight excluding hydrogens is 237 g/mol. The first-order valence-corrected chi connectivity index (χ1v) is 6.37. The number of hydrogen-bond donors (Lipinski definition) is 0. The summed E-state index contributed by atoms with van der Waals surface area (Å²) in [4.78, 5) is 0. The number of halogens is 1. The molecule has 2 aromatic carbocycles. The van der Waals surface area contributed by atoms with E-state index in [9.17, 15) is 9.65 Å². The van der Waals surface area contributed by atoms with Crippen LogP contribution in [0.5, 0.6) is 0 Å². The molecule has 19 heavy (non-hydrogen) atoms. The third kappa shape index (κ3) is 3.00. The summed E-state index contributed by atoms with van der Waals surface area (Å²) in [6.07, 6.45) is 0. The van der Waals surface area contributed by atoms with Gasteiger partial charge in [0.05, 0.1) is 12.0 Å². The van der Waals surface area contributed by atoms with Crippen LogP contribution in [0.15, 0.2) is 48.5 Å². The molecule has 96 valence electrons. The normalized spacial score (nSPS) is 12.2. The molecule has 2 aromatic rings. The summed E-state index contributed by atoms with van der Waals surface area (Å²) < 4.78 is 12.9. The summed E-state index contributed by atoms with van der Waals surface area (Å²) in [5.41, 5.74) is 3.04. The fourth-order valence-electron chi connectivity index (χ4n) is 2.13. The summed E-state index contributed by atoms with van der Waals surface area (Å²) in [6.45, 7) is 4.09. The Morgan fingerprint density at radius 2 is 1.37 bits per heavy atom. The molecular formula is C17H16FN. The SMILES string of the molecule is CC(C)C(C#N)c1ccc(-c2ccc(F)cc2)cc1. The van der Waals surface area contributed by atoms with E-state index < -0.39 is 0 Å². The molecule has 0 bridgehead atoms. The summed E-state index contributed by atoms with van der Waals surface area (Å²) in [7, 11) is 0. The van der Waals surface area contributed by atoms with E-state index in [1.54, 1.807) is 12.1 Å². The van der Waals surface area contributed by atoms with Crippen molar-refractivity contribution in [2.75, 3.05) is 0 Å². The minimum atomic E-state index is -0.232. The second-order valence-electron chi connectivity index (χ2n) is 4.98. The van der Waals surface area contributed by atoms with Crippen molar-refractivity contribution in [1.29, 1.82) is 5.26 Å². The van der Waals surface area contributed by atoms with Crippen LogP contribution in [0.4, 0.5) is 4.39 Å². The van der Waals surface area contributed by atoms with Gasteiger partial charge in [-0.25, -0.2) is 4.39 Å². The zero-order chi connectivity index (χ0) is 13.8. The van der Waals surface area contributed by atoms with E-state index >= 15 is 0 Å². The van der Waals surface area contributed by atoms with Gasteiger partial charge >= 0.3 is 0 Å². The van der Waals surface area contributed by atoms with Gasteiger partial charge in [-0.05, 0) is 34.7 Å². The van der Waals surface area contributed by atoms with Crippen LogP contribution >= 0.6 is 0 Å². The van der Waals surface area contributed by atoms with E-state index in [0.29, 0.717) is 5.92 Å². The third-order valence-corrected chi connectivity index (χ3v) is 3.25. The Hall–Kier alpha value is -2.14. The van der Waals surface area contributed by atoms with Gasteiger partial charge in [0.1, 0.15) is 5.82 Å². The van der Waals surface area contributed by atoms with Crippen molar-refractivity contribution in [3.05, 3.63) is 59.9 Å². The summed E-state index contributed by atoms with van der Waals surface area (Å²) in [5, 5.41) is 9.18. The molecule has 0 saturated carbocycles. The lowest BCUT2D eigenvalue weighted by Gasteiger charge is -2.13. The van der Waals surface area contributed by atoms with Crippen molar-refractivity contribution >= 4 is 0 Å². The van der Waals surface area contributed by atoms with E-state index in [0.717, 1.165) is 16.7 Å². The van der Waals surface area contributed by atoms with Crippen LogP contribution in [0.25, 0.3) is 11.1 Å². The van der Waals surface area contributed by atoms with E-state index in [1.165, 1.54) is 12.1 Å². The maximum atomic E-state index is 12.9. The number of benzene rings is 2. The van der Waals surface area contributed by atoms with Gasteiger partial charge in [-0.2, -0.15) is 5.26 Å². The van der Waals surface area contributed by atoms with Gasteiger partial charge in [-0.15, -0.1) is 0 Å². The highest BCUT2D eigenvalue weighted by atomic mass is 19.1. The van der Waals surface area contributed by atoms with E-state index in [2.05, 4.69) is 6.07 Å². The van der Waals surface area contributed by atoms with Gasteiger partial charge in [-0.1, -0.05) is 50.2 Å². The Morgan fingerprint density at radius 3 is 1.79 bits per heavy atom. The zero-order valence-electron chi connectivity index (χ0n) is 11.1. The predicted octanol–water partition coefficient (Wildman–Crippen LogP) is 4.76. The molecule has 2 rings (SSSR count). The molecule has 1 nitrogen and oxygen atoms in total. The average molecular weight is 253 g/mol. The molecule has 1 unspecified atom stereocenters. The van der Waals surface area contributed by atoms with Crippen molar-refractivity contribution < 1.29 is 4.39 Å². The van der Waals surface area contributed by atoms with Gasteiger partial charge in [0.15, 0.2) is 0 Å². The molecule has 0 N–H and O–H groups in total. The lowest BCUT2D eigenvalue weighted by molar-refractivity contribution is 0.587. The molecule has 2 heteroatoms. The molecule has 0 aliphatic rings. The molecule has 0 heterocycles. The van der Waals surface area contributed by atoms with Gasteiger partial charge in [0.25, 0.3) is 0 Å². The van der Waals surface area contributed by atoms with Crippen LogP contribution in [-0.2, 0) is 0 Å². The van der Waals surface area contributed by atoms with E-state index in [-0.39, 0.29) is 11.7 Å². The van der Waals surface area contributed by atoms with E-state index in [1.807, 2.05) is 38.1 Å². The molecule has 0 aliphatic carbocycles. The van der Waals surface area contributed by atoms with Crippen LogP contribution in [0, 0.1) is 23.1 Å². The quantitative estimate of drug-likeness (QED) is 0.774. The van der Waals surface area contributed by atoms with Gasteiger partial charge < -0.3 is 0 Å². The van der Waals surface area contributed by atoms with Crippen LogP contribution in [0.1, 0.15) is 25.3 Å². The predicted molar refractivity (Wildman–Crippen MR) is 75.0 cm³/mol. The maximum Gasteiger partial charge on any atom is 0.123 e. The standard InChI is InChI=1S/C17H16FN/c1-12(2)17(11-19)15-5-3-13(4-6-15)14-7-9-16(18)10-8-14/h3-10,12,17H,1-2H3. The van der Waals surface area contributed by atoms with Crippen molar-refractivity contribution in [3.8, 4) is 17.2 Å². The second-order valence-corrected chi connectivity index (χ2v) is 4.98. The first kappa shape index (κ1) is 13.3. The molecule has 0 spiro atoms. The Morgan fingerprint density at radius 1 is 0.895 bits per heavy atom. The lowest BCUT2D eigenvalue weighted by Crippen LogP contribution is -2.03. The first-order valence-electron chi connectivity index (χ1n) is 6.37. The van der Waals surface area contributed by atoms with Crippen molar-refractivity contribution in [2.45, 2.75) is 19.8 Å². The topological polar surface area (TPSA) is 23.8 Å². The average Bonchev–Trinajstić information content (AvgIpc) is 2.41. The Bertz CT molecular complexity index is 576. The lowest BCUT2D eigenvalue weighted by atomic mass is 9.89.